The van der Waals surface area contributed by atoms with Gasteiger partial charge in [0.1, 0.15) is 0 Å². The van der Waals surface area contributed by atoms with Crippen molar-refractivity contribution in [1.29, 1.82) is 0 Å². The first-order valence-electron chi connectivity index (χ1n) is 10.3. The van der Waals surface area contributed by atoms with Gasteiger partial charge >= 0.3 is 0 Å². The van der Waals surface area contributed by atoms with Crippen LogP contribution in [-0.2, 0) is 29.1 Å². The molecule has 3 aromatic carbocycles. The van der Waals surface area contributed by atoms with Crippen molar-refractivity contribution in [2.75, 3.05) is 4.90 Å². The molecular formula is C26H28N2O2. The maximum atomic E-state index is 12.5. The maximum Gasteiger partial charge on any atom is 0.227 e. The molecule has 30 heavy (non-hydrogen) atoms. The molecule has 4 nitrogen and oxygen atoms in total. The number of hydrogen-bond acceptors (Lipinski definition) is 2. The Morgan fingerprint density at radius 1 is 0.800 bits per heavy atom. The number of anilines is 1. The first kappa shape index (κ1) is 21.3. The molecule has 1 N–H and O–H groups in total. The van der Waals surface area contributed by atoms with E-state index in [1.54, 1.807) is 4.90 Å². The molecule has 154 valence electrons. The molecule has 4 heteroatoms. The van der Waals surface area contributed by atoms with E-state index < -0.39 is 0 Å². The number of hydrogen-bond donors (Lipinski definition) is 1. The Morgan fingerprint density at radius 3 is 2.07 bits per heavy atom. The average Bonchev–Trinajstić information content (AvgIpc) is 2.78. The predicted octanol–water partition coefficient (Wildman–Crippen LogP) is 4.80. The van der Waals surface area contributed by atoms with Crippen LogP contribution < -0.4 is 10.2 Å². The molecule has 3 rings (SSSR count). The molecule has 0 bridgehead atoms. The van der Waals surface area contributed by atoms with E-state index in [0.29, 0.717) is 25.9 Å². The highest BCUT2D eigenvalue weighted by Crippen LogP contribution is 2.20. The number of rotatable bonds is 8. The lowest BCUT2D eigenvalue weighted by Crippen LogP contribution is -2.29. The normalized spacial score (nSPS) is 10.5. The van der Waals surface area contributed by atoms with E-state index in [-0.39, 0.29) is 11.8 Å². The van der Waals surface area contributed by atoms with Crippen LogP contribution >= 0.6 is 0 Å². The Balaban J connectivity index is 1.63. The van der Waals surface area contributed by atoms with E-state index in [2.05, 4.69) is 29.6 Å². The van der Waals surface area contributed by atoms with Crippen LogP contribution in [-0.4, -0.2) is 11.8 Å². The fraction of sp³-hybridized carbons (Fsp3) is 0.231. The van der Waals surface area contributed by atoms with Crippen molar-refractivity contribution in [3.8, 4) is 0 Å². The highest BCUT2D eigenvalue weighted by molar-refractivity contribution is 5.93. The van der Waals surface area contributed by atoms with Crippen LogP contribution in [0.2, 0.25) is 0 Å². The van der Waals surface area contributed by atoms with Gasteiger partial charge in [0.05, 0.1) is 13.0 Å². The zero-order valence-corrected chi connectivity index (χ0v) is 17.6. The second-order valence-corrected chi connectivity index (χ2v) is 7.42. The lowest BCUT2D eigenvalue weighted by molar-refractivity contribution is -0.120. The van der Waals surface area contributed by atoms with Gasteiger partial charge in [0.2, 0.25) is 11.8 Å². The summed E-state index contributed by atoms with van der Waals surface area (Å²) in [5.41, 5.74) is 5.12. The number of aryl methyl sites for hydroxylation is 1. The first-order chi connectivity index (χ1) is 14.5. The molecule has 0 aliphatic rings. The third kappa shape index (κ3) is 6.05. The predicted molar refractivity (Wildman–Crippen MR) is 121 cm³/mol. The van der Waals surface area contributed by atoms with Gasteiger partial charge in [0.25, 0.3) is 0 Å². The second-order valence-electron chi connectivity index (χ2n) is 7.42. The van der Waals surface area contributed by atoms with Crippen LogP contribution in [0.3, 0.4) is 0 Å². The topological polar surface area (TPSA) is 49.4 Å². The highest BCUT2D eigenvalue weighted by Gasteiger charge is 2.15. The van der Waals surface area contributed by atoms with Gasteiger partial charge in [-0.05, 0) is 35.7 Å². The van der Waals surface area contributed by atoms with E-state index in [1.807, 2.05) is 68.4 Å². The molecule has 0 aliphatic heterocycles. The molecule has 0 atom stereocenters. The van der Waals surface area contributed by atoms with Gasteiger partial charge in [-0.1, -0.05) is 79.2 Å². The van der Waals surface area contributed by atoms with Crippen LogP contribution in [0.1, 0.15) is 35.6 Å². The summed E-state index contributed by atoms with van der Waals surface area (Å²) in [7, 11) is 0. The summed E-state index contributed by atoms with van der Waals surface area (Å²) >= 11 is 0. The summed E-state index contributed by atoms with van der Waals surface area (Å²) in [5.74, 6) is 0.0525. The molecule has 0 aromatic heterocycles. The van der Waals surface area contributed by atoms with Crippen LogP contribution in [0.5, 0.6) is 0 Å². The standard InChI is InChI=1S/C26H28N2O2/c1-3-26(30)28(19-23-11-9-20(2)10-12-23)24-15-13-21(14-16-24)17-25(29)27-18-22-7-5-4-6-8-22/h4-16H,3,17-19H2,1-2H3,(H,27,29). The Morgan fingerprint density at radius 2 is 1.43 bits per heavy atom. The van der Waals surface area contributed by atoms with Crippen LogP contribution in [0, 0.1) is 6.92 Å². The van der Waals surface area contributed by atoms with Gasteiger partial charge in [0, 0.05) is 18.7 Å². The fourth-order valence-electron chi connectivity index (χ4n) is 3.23. The molecule has 0 heterocycles. The lowest BCUT2D eigenvalue weighted by atomic mass is 10.1. The number of nitrogens with zero attached hydrogens (tertiary/aromatic N) is 1. The smallest absolute Gasteiger partial charge is 0.227 e. The van der Waals surface area contributed by atoms with Gasteiger partial charge < -0.3 is 10.2 Å². The van der Waals surface area contributed by atoms with Crippen molar-refractivity contribution in [2.24, 2.45) is 0 Å². The van der Waals surface area contributed by atoms with Crippen LogP contribution in [0.4, 0.5) is 5.69 Å². The number of carbonyl (C=O) groups excluding carboxylic acids is 2. The fourth-order valence-corrected chi connectivity index (χ4v) is 3.23. The monoisotopic (exact) mass is 400 g/mol. The molecule has 0 saturated carbocycles. The molecule has 0 radical (unpaired) electrons. The van der Waals surface area contributed by atoms with Gasteiger partial charge in [-0.2, -0.15) is 0 Å². The molecule has 0 spiro atoms. The summed E-state index contributed by atoms with van der Waals surface area (Å²) in [6.45, 7) is 4.97. The highest BCUT2D eigenvalue weighted by atomic mass is 16.2. The minimum absolute atomic E-state index is 0.0206. The van der Waals surface area contributed by atoms with E-state index >= 15 is 0 Å². The zero-order valence-electron chi connectivity index (χ0n) is 17.6. The van der Waals surface area contributed by atoms with Gasteiger partial charge in [-0.25, -0.2) is 0 Å². The molecule has 3 aromatic rings. The largest absolute Gasteiger partial charge is 0.352 e. The summed E-state index contributed by atoms with van der Waals surface area (Å²) in [6.07, 6.45) is 0.752. The van der Waals surface area contributed by atoms with E-state index in [9.17, 15) is 9.59 Å². The van der Waals surface area contributed by atoms with Crippen molar-refractivity contribution >= 4 is 17.5 Å². The van der Waals surface area contributed by atoms with E-state index in [0.717, 1.165) is 22.4 Å². The Labute approximate surface area is 178 Å². The Kier molecular flexibility index (Phi) is 7.39. The maximum absolute atomic E-state index is 12.5. The van der Waals surface area contributed by atoms with Crippen molar-refractivity contribution in [1.82, 2.24) is 5.32 Å². The third-order valence-corrected chi connectivity index (χ3v) is 5.01. The number of carbonyl (C=O) groups is 2. The minimum atomic E-state index is -0.0206. The van der Waals surface area contributed by atoms with Crippen LogP contribution in [0.25, 0.3) is 0 Å². The second kappa shape index (κ2) is 10.4. The Hall–Kier alpha value is -3.40. The molecular weight excluding hydrogens is 372 g/mol. The quantitative estimate of drug-likeness (QED) is 0.591. The van der Waals surface area contributed by atoms with Gasteiger partial charge in [0.15, 0.2) is 0 Å². The molecule has 0 fully saturated rings. The summed E-state index contributed by atoms with van der Waals surface area (Å²) in [6, 6.07) is 25.7. The van der Waals surface area contributed by atoms with Crippen molar-refractivity contribution in [3.63, 3.8) is 0 Å². The first-order valence-corrected chi connectivity index (χ1v) is 10.3. The van der Waals surface area contributed by atoms with Gasteiger partial charge in [-0.3, -0.25) is 9.59 Å². The number of benzene rings is 3. The van der Waals surface area contributed by atoms with Crippen LogP contribution in [0.15, 0.2) is 78.9 Å². The molecule has 0 unspecified atom stereocenters. The van der Waals surface area contributed by atoms with Crippen molar-refractivity contribution in [2.45, 2.75) is 39.8 Å². The SMILES string of the molecule is CCC(=O)N(Cc1ccc(C)cc1)c1ccc(CC(=O)NCc2ccccc2)cc1. The summed E-state index contributed by atoms with van der Waals surface area (Å²) in [4.78, 5) is 26.6. The van der Waals surface area contributed by atoms with Crippen molar-refractivity contribution < 1.29 is 9.59 Å². The third-order valence-electron chi connectivity index (χ3n) is 5.01. The minimum Gasteiger partial charge on any atom is -0.352 e. The summed E-state index contributed by atoms with van der Waals surface area (Å²) in [5, 5.41) is 2.95. The number of nitrogens with one attached hydrogen (secondary N) is 1. The van der Waals surface area contributed by atoms with E-state index in [1.165, 1.54) is 5.56 Å². The zero-order chi connectivity index (χ0) is 21.3. The lowest BCUT2D eigenvalue weighted by Gasteiger charge is -2.23. The average molecular weight is 401 g/mol. The molecule has 0 aliphatic carbocycles. The van der Waals surface area contributed by atoms with Crippen molar-refractivity contribution in [3.05, 3.63) is 101 Å². The Bertz CT molecular complexity index is 964. The van der Waals surface area contributed by atoms with Gasteiger partial charge in [-0.15, -0.1) is 0 Å². The van der Waals surface area contributed by atoms with E-state index in [4.69, 9.17) is 0 Å². The molecule has 2 amide bonds. The summed E-state index contributed by atoms with van der Waals surface area (Å²) < 4.78 is 0. The molecule has 0 saturated heterocycles. The number of amides is 2.